The molecular formula is C16H20ClNS. The second-order valence-electron chi connectivity index (χ2n) is 4.77. The Balaban J connectivity index is 2.23. The van der Waals surface area contributed by atoms with E-state index in [0.29, 0.717) is 6.04 Å². The summed E-state index contributed by atoms with van der Waals surface area (Å²) in [4.78, 5) is 1.39. The number of hydrogen-bond acceptors (Lipinski definition) is 2. The Hall–Kier alpha value is -0.830. The van der Waals surface area contributed by atoms with Crippen LogP contribution in [0.3, 0.4) is 0 Å². The summed E-state index contributed by atoms with van der Waals surface area (Å²) in [5, 5.41) is 6.64. The van der Waals surface area contributed by atoms with E-state index < -0.39 is 0 Å². The Bertz CT molecular complexity index is 507. The maximum atomic E-state index is 6.47. The summed E-state index contributed by atoms with van der Waals surface area (Å²) in [6.45, 7) is 5.27. The minimum absolute atomic E-state index is 0.297. The lowest BCUT2D eigenvalue weighted by Gasteiger charge is -2.20. The predicted molar refractivity (Wildman–Crippen MR) is 85.2 cm³/mol. The van der Waals surface area contributed by atoms with Crippen LogP contribution >= 0.6 is 22.9 Å². The lowest BCUT2D eigenvalue weighted by Crippen LogP contribution is -2.24. The van der Waals surface area contributed by atoms with Gasteiger partial charge in [0.25, 0.3) is 0 Å². The molecule has 1 atom stereocenters. The van der Waals surface area contributed by atoms with Crippen LogP contribution in [-0.2, 0) is 6.42 Å². The zero-order valence-corrected chi connectivity index (χ0v) is 13.0. The molecule has 102 valence electrons. The van der Waals surface area contributed by atoms with Crippen LogP contribution in [0.2, 0.25) is 5.02 Å². The van der Waals surface area contributed by atoms with Gasteiger partial charge in [-0.25, -0.2) is 0 Å². The molecule has 1 aromatic heterocycles. The van der Waals surface area contributed by atoms with Crippen molar-refractivity contribution >= 4 is 22.9 Å². The van der Waals surface area contributed by atoms with E-state index in [0.717, 1.165) is 30.0 Å². The van der Waals surface area contributed by atoms with Crippen molar-refractivity contribution in [2.75, 3.05) is 6.54 Å². The van der Waals surface area contributed by atoms with Gasteiger partial charge in [0.05, 0.1) is 0 Å². The molecule has 0 aliphatic heterocycles. The highest BCUT2D eigenvalue weighted by Crippen LogP contribution is 2.29. The van der Waals surface area contributed by atoms with Crippen LogP contribution < -0.4 is 5.32 Å². The van der Waals surface area contributed by atoms with Crippen LogP contribution in [0.4, 0.5) is 0 Å². The zero-order valence-electron chi connectivity index (χ0n) is 11.4. The SMILES string of the molecule is CCCNC(Cc1cccs1)c1cccc(C)c1Cl. The van der Waals surface area contributed by atoms with E-state index >= 15 is 0 Å². The number of rotatable bonds is 6. The second-order valence-corrected chi connectivity index (χ2v) is 6.18. The number of halogens is 1. The first-order valence-corrected chi connectivity index (χ1v) is 7.99. The molecule has 0 radical (unpaired) electrons. The minimum Gasteiger partial charge on any atom is -0.310 e. The van der Waals surface area contributed by atoms with Crippen molar-refractivity contribution in [2.24, 2.45) is 0 Å². The lowest BCUT2D eigenvalue weighted by molar-refractivity contribution is 0.532. The Morgan fingerprint density at radius 1 is 1.26 bits per heavy atom. The van der Waals surface area contributed by atoms with Gasteiger partial charge in [-0.05, 0) is 42.5 Å². The molecule has 1 heterocycles. The molecule has 2 rings (SSSR count). The minimum atomic E-state index is 0.297. The fourth-order valence-electron chi connectivity index (χ4n) is 2.18. The Morgan fingerprint density at radius 3 is 2.79 bits per heavy atom. The third kappa shape index (κ3) is 3.82. The van der Waals surface area contributed by atoms with Gasteiger partial charge in [-0.1, -0.05) is 42.8 Å². The van der Waals surface area contributed by atoms with E-state index in [2.05, 4.69) is 54.9 Å². The summed E-state index contributed by atoms with van der Waals surface area (Å²) < 4.78 is 0. The van der Waals surface area contributed by atoms with Crippen LogP contribution in [0.5, 0.6) is 0 Å². The van der Waals surface area contributed by atoms with Gasteiger partial charge >= 0.3 is 0 Å². The van der Waals surface area contributed by atoms with Crippen LogP contribution in [0, 0.1) is 6.92 Å². The largest absolute Gasteiger partial charge is 0.310 e. The number of aryl methyl sites for hydroxylation is 1. The van der Waals surface area contributed by atoms with Gasteiger partial charge in [0.15, 0.2) is 0 Å². The van der Waals surface area contributed by atoms with Crippen LogP contribution in [0.25, 0.3) is 0 Å². The van der Waals surface area contributed by atoms with E-state index in [1.165, 1.54) is 10.4 Å². The molecule has 1 unspecified atom stereocenters. The highest BCUT2D eigenvalue weighted by molar-refractivity contribution is 7.09. The third-order valence-electron chi connectivity index (χ3n) is 3.22. The van der Waals surface area contributed by atoms with Gasteiger partial charge < -0.3 is 5.32 Å². The Kier molecular flexibility index (Phi) is 5.44. The Labute approximate surface area is 124 Å². The standard InChI is InChI=1S/C16H20ClNS/c1-3-9-18-15(11-13-7-5-10-19-13)14-8-4-6-12(2)16(14)17/h4-8,10,15,18H,3,9,11H2,1-2H3. The van der Waals surface area contributed by atoms with E-state index in [4.69, 9.17) is 11.6 Å². The molecule has 0 aliphatic rings. The average molecular weight is 294 g/mol. The summed E-state index contributed by atoms with van der Waals surface area (Å²) in [5.41, 5.74) is 2.36. The highest BCUT2D eigenvalue weighted by atomic mass is 35.5. The zero-order chi connectivity index (χ0) is 13.7. The van der Waals surface area contributed by atoms with Crippen LogP contribution in [-0.4, -0.2) is 6.54 Å². The molecular weight excluding hydrogens is 274 g/mol. The quantitative estimate of drug-likeness (QED) is 0.791. The molecule has 1 aromatic carbocycles. The summed E-state index contributed by atoms with van der Waals surface area (Å²) in [5.74, 6) is 0. The van der Waals surface area contributed by atoms with Crippen molar-refractivity contribution in [3.8, 4) is 0 Å². The number of benzene rings is 1. The molecule has 1 nitrogen and oxygen atoms in total. The van der Waals surface area contributed by atoms with Crippen molar-refractivity contribution in [3.63, 3.8) is 0 Å². The molecule has 0 amide bonds. The van der Waals surface area contributed by atoms with Crippen molar-refractivity contribution in [1.82, 2.24) is 5.32 Å². The average Bonchev–Trinajstić information content (AvgIpc) is 2.91. The molecule has 0 saturated heterocycles. The highest BCUT2D eigenvalue weighted by Gasteiger charge is 2.16. The number of nitrogens with one attached hydrogen (secondary N) is 1. The molecule has 1 N–H and O–H groups in total. The first-order valence-electron chi connectivity index (χ1n) is 6.73. The van der Waals surface area contributed by atoms with Crippen LogP contribution in [0.15, 0.2) is 35.7 Å². The number of thiophene rings is 1. The van der Waals surface area contributed by atoms with Gasteiger partial charge in [-0.2, -0.15) is 0 Å². The molecule has 19 heavy (non-hydrogen) atoms. The smallest absolute Gasteiger partial charge is 0.0483 e. The van der Waals surface area contributed by atoms with Crippen molar-refractivity contribution in [1.29, 1.82) is 0 Å². The summed E-state index contributed by atoms with van der Waals surface area (Å²) in [7, 11) is 0. The van der Waals surface area contributed by atoms with Gasteiger partial charge in [0.1, 0.15) is 0 Å². The van der Waals surface area contributed by atoms with Crippen molar-refractivity contribution in [3.05, 3.63) is 56.7 Å². The number of hydrogen-bond donors (Lipinski definition) is 1. The van der Waals surface area contributed by atoms with Crippen molar-refractivity contribution in [2.45, 2.75) is 32.7 Å². The van der Waals surface area contributed by atoms with Gasteiger partial charge in [-0.15, -0.1) is 11.3 Å². The third-order valence-corrected chi connectivity index (χ3v) is 4.64. The molecule has 0 bridgehead atoms. The summed E-state index contributed by atoms with van der Waals surface area (Å²) in [6.07, 6.45) is 2.13. The lowest BCUT2D eigenvalue weighted by atomic mass is 10.0. The van der Waals surface area contributed by atoms with Gasteiger partial charge in [0.2, 0.25) is 0 Å². The molecule has 2 aromatic rings. The van der Waals surface area contributed by atoms with E-state index in [-0.39, 0.29) is 0 Å². The molecule has 0 spiro atoms. The second kappa shape index (κ2) is 7.09. The normalized spacial score (nSPS) is 12.6. The molecule has 0 fully saturated rings. The molecule has 0 saturated carbocycles. The maximum Gasteiger partial charge on any atom is 0.0483 e. The maximum absolute atomic E-state index is 6.47. The topological polar surface area (TPSA) is 12.0 Å². The van der Waals surface area contributed by atoms with Crippen LogP contribution in [0.1, 0.15) is 35.4 Å². The van der Waals surface area contributed by atoms with Crippen molar-refractivity contribution < 1.29 is 0 Å². The Morgan fingerprint density at radius 2 is 2.11 bits per heavy atom. The summed E-state index contributed by atoms with van der Waals surface area (Å²) in [6, 6.07) is 10.9. The van der Waals surface area contributed by atoms with Gasteiger partial charge in [-0.3, -0.25) is 0 Å². The fraction of sp³-hybridized carbons (Fsp3) is 0.375. The van der Waals surface area contributed by atoms with E-state index in [1.807, 2.05) is 0 Å². The fourth-order valence-corrected chi connectivity index (χ4v) is 3.19. The molecule has 0 aliphatic carbocycles. The first-order chi connectivity index (χ1) is 9.22. The summed E-state index contributed by atoms with van der Waals surface area (Å²) >= 11 is 8.28. The monoisotopic (exact) mass is 293 g/mol. The first kappa shape index (κ1) is 14.6. The molecule has 3 heteroatoms. The predicted octanol–water partition coefficient (Wildman–Crippen LogP) is 4.99. The van der Waals surface area contributed by atoms with Gasteiger partial charge in [0, 0.05) is 22.4 Å². The van der Waals surface area contributed by atoms with E-state index in [9.17, 15) is 0 Å². The van der Waals surface area contributed by atoms with E-state index in [1.54, 1.807) is 11.3 Å².